The van der Waals surface area contributed by atoms with Crippen molar-refractivity contribution in [1.82, 2.24) is 9.62 Å². The van der Waals surface area contributed by atoms with E-state index in [4.69, 9.17) is 11.6 Å². The van der Waals surface area contributed by atoms with Crippen LogP contribution in [0, 0.1) is 0 Å². The second-order valence-corrected chi connectivity index (χ2v) is 9.38. The molecule has 1 aliphatic rings. The highest BCUT2D eigenvalue weighted by molar-refractivity contribution is 7.88. The summed E-state index contributed by atoms with van der Waals surface area (Å²) < 4.78 is 27.7. The van der Waals surface area contributed by atoms with Crippen LogP contribution in [0.15, 0.2) is 41.8 Å². The SMILES string of the molecule is O=S(=O)(Cc1cccc(Cl)c1)NC1CCCN(Cc2cccs2)C1. The van der Waals surface area contributed by atoms with Crippen LogP contribution in [0.2, 0.25) is 5.02 Å². The summed E-state index contributed by atoms with van der Waals surface area (Å²) in [5, 5.41) is 2.63. The molecule has 130 valence electrons. The van der Waals surface area contributed by atoms with Gasteiger partial charge in [0.05, 0.1) is 5.75 Å². The minimum Gasteiger partial charge on any atom is -0.297 e. The number of thiophene rings is 1. The fourth-order valence-corrected chi connectivity index (χ4v) is 5.42. The molecule has 2 aromatic rings. The summed E-state index contributed by atoms with van der Waals surface area (Å²) in [4.78, 5) is 3.64. The van der Waals surface area contributed by atoms with Crippen molar-refractivity contribution in [2.75, 3.05) is 13.1 Å². The van der Waals surface area contributed by atoms with E-state index in [1.165, 1.54) is 4.88 Å². The van der Waals surface area contributed by atoms with Crippen LogP contribution >= 0.6 is 22.9 Å². The van der Waals surface area contributed by atoms with Crippen molar-refractivity contribution >= 4 is 33.0 Å². The van der Waals surface area contributed by atoms with Crippen molar-refractivity contribution in [3.05, 3.63) is 57.2 Å². The number of halogens is 1. The molecule has 0 aliphatic carbocycles. The molecular weight excluding hydrogens is 364 g/mol. The maximum absolute atomic E-state index is 12.4. The first kappa shape index (κ1) is 17.9. The van der Waals surface area contributed by atoms with Gasteiger partial charge in [0.2, 0.25) is 10.0 Å². The summed E-state index contributed by atoms with van der Waals surface area (Å²) in [5.74, 6) is -0.0328. The average molecular weight is 385 g/mol. The fourth-order valence-electron chi connectivity index (χ4n) is 3.06. The van der Waals surface area contributed by atoms with Gasteiger partial charge in [0.25, 0.3) is 0 Å². The highest BCUT2D eigenvalue weighted by Gasteiger charge is 2.24. The second-order valence-electron chi connectivity index (χ2n) is 6.16. The van der Waals surface area contributed by atoms with E-state index >= 15 is 0 Å². The Balaban J connectivity index is 1.57. The van der Waals surface area contributed by atoms with Crippen LogP contribution in [-0.2, 0) is 22.3 Å². The van der Waals surface area contributed by atoms with Gasteiger partial charge in [0, 0.05) is 29.0 Å². The third kappa shape index (κ3) is 5.29. The van der Waals surface area contributed by atoms with Crippen LogP contribution in [-0.4, -0.2) is 32.4 Å². The van der Waals surface area contributed by atoms with Crippen molar-refractivity contribution in [3.63, 3.8) is 0 Å². The van der Waals surface area contributed by atoms with Gasteiger partial charge in [-0.25, -0.2) is 13.1 Å². The Morgan fingerprint density at radius 1 is 1.29 bits per heavy atom. The smallest absolute Gasteiger partial charge is 0.216 e. The van der Waals surface area contributed by atoms with E-state index in [1.807, 2.05) is 0 Å². The van der Waals surface area contributed by atoms with Crippen molar-refractivity contribution in [3.8, 4) is 0 Å². The van der Waals surface area contributed by atoms with Gasteiger partial charge < -0.3 is 0 Å². The normalized spacial score (nSPS) is 19.5. The molecule has 7 heteroatoms. The Hall–Kier alpha value is -0.920. The topological polar surface area (TPSA) is 49.4 Å². The van der Waals surface area contributed by atoms with Gasteiger partial charge in [-0.2, -0.15) is 0 Å². The second kappa shape index (κ2) is 7.97. The fraction of sp³-hybridized carbons (Fsp3) is 0.412. The first-order valence-electron chi connectivity index (χ1n) is 7.99. The molecule has 0 amide bonds. The molecule has 0 saturated carbocycles. The molecular formula is C17H21ClN2O2S2. The van der Waals surface area contributed by atoms with Gasteiger partial charge in [-0.3, -0.25) is 4.90 Å². The Morgan fingerprint density at radius 3 is 2.92 bits per heavy atom. The average Bonchev–Trinajstić information content (AvgIpc) is 2.99. The van der Waals surface area contributed by atoms with Crippen molar-refractivity contribution in [2.45, 2.75) is 31.2 Å². The summed E-state index contributed by atoms with van der Waals surface area (Å²) in [6.07, 6.45) is 1.89. The Labute approximate surface area is 152 Å². The van der Waals surface area contributed by atoms with E-state index in [9.17, 15) is 8.42 Å². The van der Waals surface area contributed by atoms with Crippen LogP contribution in [0.5, 0.6) is 0 Å². The number of hydrogen-bond acceptors (Lipinski definition) is 4. The Morgan fingerprint density at radius 2 is 2.17 bits per heavy atom. The zero-order chi connectivity index (χ0) is 17.0. The maximum Gasteiger partial charge on any atom is 0.216 e. The van der Waals surface area contributed by atoms with Crippen molar-refractivity contribution < 1.29 is 8.42 Å². The zero-order valence-corrected chi connectivity index (χ0v) is 15.7. The van der Waals surface area contributed by atoms with Crippen LogP contribution in [0.1, 0.15) is 23.3 Å². The standard InChI is InChI=1S/C17H21ClN2O2S2/c18-15-5-1-4-14(10-15)13-24(21,22)19-16-6-2-8-20(11-16)12-17-7-3-9-23-17/h1,3-5,7,9-10,16,19H,2,6,8,11-13H2. The molecule has 1 aliphatic heterocycles. The van der Waals surface area contributed by atoms with Crippen LogP contribution in [0.4, 0.5) is 0 Å². The molecule has 24 heavy (non-hydrogen) atoms. The molecule has 1 aromatic heterocycles. The molecule has 1 atom stereocenters. The number of rotatable bonds is 6. The third-order valence-corrected chi connectivity index (χ3v) is 6.56. The first-order valence-corrected chi connectivity index (χ1v) is 10.9. The third-order valence-electron chi connectivity index (χ3n) is 4.06. The molecule has 0 radical (unpaired) electrons. The minimum atomic E-state index is -3.37. The number of nitrogens with zero attached hydrogens (tertiary/aromatic N) is 1. The summed E-state index contributed by atoms with van der Waals surface area (Å²) in [6, 6.07) is 11.2. The van der Waals surface area contributed by atoms with E-state index in [2.05, 4.69) is 27.1 Å². The summed E-state index contributed by atoms with van der Waals surface area (Å²) in [6.45, 7) is 2.67. The lowest BCUT2D eigenvalue weighted by atomic mass is 10.1. The number of likely N-dealkylation sites (tertiary alicyclic amines) is 1. The highest BCUT2D eigenvalue weighted by Crippen LogP contribution is 2.18. The van der Waals surface area contributed by atoms with Crippen LogP contribution in [0.25, 0.3) is 0 Å². The van der Waals surface area contributed by atoms with Crippen molar-refractivity contribution in [2.24, 2.45) is 0 Å². The van der Waals surface area contributed by atoms with Gasteiger partial charge in [-0.1, -0.05) is 29.8 Å². The van der Waals surface area contributed by atoms with E-state index in [0.29, 0.717) is 10.6 Å². The van der Waals surface area contributed by atoms with Crippen molar-refractivity contribution in [1.29, 1.82) is 0 Å². The zero-order valence-electron chi connectivity index (χ0n) is 13.3. The van der Waals surface area contributed by atoms with Gasteiger partial charge in [-0.05, 0) is 48.5 Å². The predicted octanol–water partition coefficient (Wildman–Crippen LogP) is 3.49. The quantitative estimate of drug-likeness (QED) is 0.829. The largest absolute Gasteiger partial charge is 0.297 e. The van der Waals surface area contributed by atoms with Gasteiger partial charge in [0.15, 0.2) is 0 Å². The molecule has 0 spiro atoms. The number of benzene rings is 1. The monoisotopic (exact) mass is 384 g/mol. The summed E-state index contributed by atoms with van der Waals surface area (Å²) >= 11 is 7.67. The molecule has 1 fully saturated rings. The minimum absolute atomic E-state index is 0.0251. The molecule has 4 nitrogen and oxygen atoms in total. The first-order chi connectivity index (χ1) is 11.5. The van der Waals surface area contributed by atoms with Gasteiger partial charge in [0.1, 0.15) is 0 Å². The number of hydrogen-bond donors (Lipinski definition) is 1. The molecule has 1 saturated heterocycles. The van der Waals surface area contributed by atoms with E-state index in [1.54, 1.807) is 35.6 Å². The number of piperidine rings is 1. The molecule has 1 unspecified atom stereocenters. The van der Waals surface area contributed by atoms with Crippen LogP contribution in [0.3, 0.4) is 0 Å². The highest BCUT2D eigenvalue weighted by atomic mass is 35.5. The predicted molar refractivity (Wildman–Crippen MR) is 99.8 cm³/mol. The lowest BCUT2D eigenvalue weighted by Gasteiger charge is -2.32. The van der Waals surface area contributed by atoms with E-state index < -0.39 is 10.0 Å². The summed E-state index contributed by atoms with van der Waals surface area (Å²) in [5.41, 5.74) is 0.709. The Kier molecular flexibility index (Phi) is 5.94. The number of sulfonamides is 1. The molecule has 2 heterocycles. The molecule has 0 bridgehead atoms. The van der Waals surface area contributed by atoms with Gasteiger partial charge in [-0.15, -0.1) is 11.3 Å². The lowest BCUT2D eigenvalue weighted by Crippen LogP contribution is -2.47. The molecule has 1 aromatic carbocycles. The summed E-state index contributed by atoms with van der Waals surface area (Å²) in [7, 11) is -3.37. The van der Waals surface area contributed by atoms with Crippen LogP contribution < -0.4 is 4.72 Å². The molecule has 1 N–H and O–H groups in total. The number of nitrogens with one attached hydrogen (secondary N) is 1. The van der Waals surface area contributed by atoms with Gasteiger partial charge >= 0.3 is 0 Å². The lowest BCUT2D eigenvalue weighted by molar-refractivity contribution is 0.196. The Bertz CT molecular complexity index is 763. The van der Waals surface area contributed by atoms with E-state index in [0.717, 1.165) is 32.5 Å². The molecule has 3 rings (SSSR count). The maximum atomic E-state index is 12.4. The van der Waals surface area contributed by atoms with E-state index in [-0.39, 0.29) is 11.8 Å².